The minimum Gasteiger partial charge on any atom is -0.389 e. The minimum atomic E-state index is -0.828. The van der Waals surface area contributed by atoms with Crippen molar-refractivity contribution >= 4 is 5.91 Å². The second kappa shape index (κ2) is 6.86. The fourth-order valence-electron chi connectivity index (χ4n) is 1.49. The summed E-state index contributed by atoms with van der Waals surface area (Å²) in [7, 11) is 0. The van der Waals surface area contributed by atoms with Crippen LogP contribution in [0.2, 0.25) is 0 Å². The maximum Gasteiger partial charge on any atom is 0.222 e. The molecule has 1 amide bonds. The van der Waals surface area contributed by atoms with Crippen molar-refractivity contribution in [3.63, 3.8) is 0 Å². The molecule has 0 saturated carbocycles. The van der Waals surface area contributed by atoms with Crippen LogP contribution in [0.1, 0.15) is 40.5 Å². The minimum absolute atomic E-state index is 0.102. The molecule has 96 valence electrons. The summed E-state index contributed by atoms with van der Waals surface area (Å²) in [5.41, 5.74) is 4.68. The molecule has 0 aliphatic heterocycles. The zero-order valence-corrected chi connectivity index (χ0v) is 11.0. The molecule has 0 aromatic rings. The smallest absolute Gasteiger partial charge is 0.222 e. The van der Waals surface area contributed by atoms with E-state index in [0.717, 1.165) is 6.42 Å². The number of carbonyl (C=O) groups excluding carboxylic acids is 1. The SMILES string of the molecule is CCN(CC(C)(C)O)C(=O)CCC(C)CN. The Hall–Kier alpha value is -0.610. The molecule has 0 aliphatic carbocycles. The predicted molar refractivity (Wildman–Crippen MR) is 66.0 cm³/mol. The van der Waals surface area contributed by atoms with Crippen LogP contribution in [0.25, 0.3) is 0 Å². The highest BCUT2D eigenvalue weighted by atomic mass is 16.3. The van der Waals surface area contributed by atoms with Crippen molar-refractivity contribution in [2.24, 2.45) is 11.7 Å². The number of rotatable bonds is 7. The molecular weight excluding hydrogens is 204 g/mol. The first-order valence-corrected chi connectivity index (χ1v) is 6.00. The van der Waals surface area contributed by atoms with Crippen LogP contribution in [0.5, 0.6) is 0 Å². The van der Waals surface area contributed by atoms with E-state index in [-0.39, 0.29) is 5.91 Å². The number of carbonyl (C=O) groups is 1. The van der Waals surface area contributed by atoms with E-state index in [4.69, 9.17) is 5.73 Å². The Morgan fingerprint density at radius 1 is 1.50 bits per heavy atom. The van der Waals surface area contributed by atoms with Crippen molar-refractivity contribution in [3.8, 4) is 0 Å². The van der Waals surface area contributed by atoms with Crippen LogP contribution in [-0.4, -0.2) is 41.1 Å². The lowest BCUT2D eigenvalue weighted by Crippen LogP contribution is -2.42. The van der Waals surface area contributed by atoms with Gasteiger partial charge in [0.15, 0.2) is 0 Å². The van der Waals surface area contributed by atoms with Crippen LogP contribution in [0.15, 0.2) is 0 Å². The third kappa shape index (κ3) is 6.80. The third-order valence-electron chi connectivity index (χ3n) is 2.57. The summed E-state index contributed by atoms with van der Waals surface area (Å²) < 4.78 is 0. The molecule has 0 fully saturated rings. The molecule has 0 rings (SSSR count). The predicted octanol–water partition coefficient (Wildman–Crippen LogP) is 0.981. The second-order valence-electron chi connectivity index (χ2n) is 5.10. The van der Waals surface area contributed by atoms with Crippen molar-refractivity contribution in [3.05, 3.63) is 0 Å². The second-order valence-corrected chi connectivity index (χ2v) is 5.10. The molecule has 0 heterocycles. The molecule has 0 bridgehead atoms. The average Bonchev–Trinajstić information content (AvgIpc) is 2.20. The van der Waals surface area contributed by atoms with Gasteiger partial charge in [0.05, 0.1) is 5.60 Å². The quantitative estimate of drug-likeness (QED) is 0.685. The molecule has 0 aliphatic rings. The van der Waals surface area contributed by atoms with E-state index in [1.165, 1.54) is 0 Å². The third-order valence-corrected chi connectivity index (χ3v) is 2.57. The summed E-state index contributed by atoms with van der Waals surface area (Å²) in [6, 6.07) is 0. The highest BCUT2D eigenvalue weighted by molar-refractivity contribution is 5.76. The van der Waals surface area contributed by atoms with Crippen LogP contribution in [0.4, 0.5) is 0 Å². The molecule has 16 heavy (non-hydrogen) atoms. The number of aliphatic hydroxyl groups is 1. The van der Waals surface area contributed by atoms with E-state index < -0.39 is 5.60 Å². The summed E-state index contributed by atoms with van der Waals surface area (Å²) in [6.45, 7) is 9.04. The molecule has 0 saturated heterocycles. The van der Waals surface area contributed by atoms with Gasteiger partial charge in [-0.05, 0) is 39.7 Å². The van der Waals surface area contributed by atoms with E-state index >= 15 is 0 Å². The van der Waals surface area contributed by atoms with Crippen molar-refractivity contribution in [2.45, 2.75) is 46.1 Å². The Balaban J connectivity index is 4.11. The van der Waals surface area contributed by atoms with Gasteiger partial charge in [0.2, 0.25) is 5.91 Å². The van der Waals surface area contributed by atoms with Crippen LogP contribution in [0.3, 0.4) is 0 Å². The first-order valence-electron chi connectivity index (χ1n) is 6.00. The van der Waals surface area contributed by atoms with E-state index in [1.807, 2.05) is 13.8 Å². The standard InChI is InChI=1S/C12H26N2O2/c1-5-14(9-12(3,4)16)11(15)7-6-10(2)8-13/h10,16H,5-9,13H2,1-4H3. The molecule has 4 nitrogen and oxygen atoms in total. The number of hydrogen-bond acceptors (Lipinski definition) is 3. The monoisotopic (exact) mass is 230 g/mol. The lowest BCUT2D eigenvalue weighted by atomic mass is 10.0. The van der Waals surface area contributed by atoms with Crippen molar-refractivity contribution in [2.75, 3.05) is 19.6 Å². The molecule has 4 heteroatoms. The Morgan fingerprint density at radius 2 is 2.06 bits per heavy atom. The highest BCUT2D eigenvalue weighted by Gasteiger charge is 2.21. The summed E-state index contributed by atoms with van der Waals surface area (Å²) in [6.07, 6.45) is 1.33. The Bertz CT molecular complexity index is 212. The highest BCUT2D eigenvalue weighted by Crippen LogP contribution is 2.10. The first-order chi connectivity index (χ1) is 7.30. The molecule has 0 spiro atoms. The van der Waals surface area contributed by atoms with Gasteiger partial charge < -0.3 is 15.7 Å². The molecule has 0 radical (unpaired) electrons. The lowest BCUT2D eigenvalue weighted by Gasteiger charge is -2.28. The molecule has 1 unspecified atom stereocenters. The van der Waals surface area contributed by atoms with E-state index in [0.29, 0.717) is 32.0 Å². The van der Waals surface area contributed by atoms with E-state index in [1.54, 1.807) is 18.7 Å². The van der Waals surface area contributed by atoms with Gasteiger partial charge in [-0.3, -0.25) is 4.79 Å². The Labute approximate surface area is 98.8 Å². The number of nitrogens with two attached hydrogens (primary N) is 1. The van der Waals surface area contributed by atoms with Gasteiger partial charge in [0.25, 0.3) is 0 Å². The van der Waals surface area contributed by atoms with Crippen LogP contribution < -0.4 is 5.73 Å². The molecular formula is C12H26N2O2. The van der Waals surface area contributed by atoms with Crippen LogP contribution >= 0.6 is 0 Å². The van der Waals surface area contributed by atoms with E-state index in [9.17, 15) is 9.90 Å². The first kappa shape index (κ1) is 15.4. The van der Waals surface area contributed by atoms with Gasteiger partial charge in [-0.2, -0.15) is 0 Å². The van der Waals surface area contributed by atoms with Gasteiger partial charge in [0, 0.05) is 19.5 Å². The molecule has 0 aromatic heterocycles. The molecule has 1 atom stereocenters. The topological polar surface area (TPSA) is 66.6 Å². The van der Waals surface area contributed by atoms with Gasteiger partial charge in [-0.25, -0.2) is 0 Å². The average molecular weight is 230 g/mol. The van der Waals surface area contributed by atoms with Gasteiger partial charge in [0.1, 0.15) is 0 Å². The zero-order valence-electron chi connectivity index (χ0n) is 11.0. The Morgan fingerprint density at radius 3 is 2.44 bits per heavy atom. The van der Waals surface area contributed by atoms with Crippen LogP contribution in [-0.2, 0) is 4.79 Å². The lowest BCUT2D eigenvalue weighted by molar-refractivity contribution is -0.134. The number of amides is 1. The maximum absolute atomic E-state index is 11.8. The van der Waals surface area contributed by atoms with Crippen molar-refractivity contribution in [1.29, 1.82) is 0 Å². The van der Waals surface area contributed by atoms with Crippen molar-refractivity contribution < 1.29 is 9.90 Å². The normalized spacial score (nSPS) is 13.6. The largest absolute Gasteiger partial charge is 0.389 e. The van der Waals surface area contributed by atoms with Crippen LogP contribution in [0, 0.1) is 5.92 Å². The number of nitrogens with zero attached hydrogens (tertiary/aromatic N) is 1. The van der Waals surface area contributed by atoms with Gasteiger partial charge in [-0.1, -0.05) is 6.92 Å². The number of likely N-dealkylation sites (N-methyl/N-ethyl adjacent to an activating group) is 1. The number of hydrogen-bond donors (Lipinski definition) is 2. The van der Waals surface area contributed by atoms with Gasteiger partial charge >= 0.3 is 0 Å². The summed E-state index contributed by atoms with van der Waals surface area (Å²) in [5.74, 6) is 0.481. The Kier molecular flexibility index (Phi) is 6.60. The fourth-order valence-corrected chi connectivity index (χ4v) is 1.49. The molecule has 0 aromatic carbocycles. The van der Waals surface area contributed by atoms with E-state index in [2.05, 4.69) is 0 Å². The summed E-state index contributed by atoms with van der Waals surface area (Å²) in [5, 5.41) is 9.68. The molecule has 3 N–H and O–H groups in total. The summed E-state index contributed by atoms with van der Waals surface area (Å²) in [4.78, 5) is 13.5. The fraction of sp³-hybridized carbons (Fsp3) is 0.917. The zero-order chi connectivity index (χ0) is 12.8. The van der Waals surface area contributed by atoms with Gasteiger partial charge in [-0.15, -0.1) is 0 Å². The van der Waals surface area contributed by atoms with Crippen molar-refractivity contribution in [1.82, 2.24) is 4.90 Å². The maximum atomic E-state index is 11.8. The summed E-state index contributed by atoms with van der Waals surface area (Å²) >= 11 is 0.